The lowest BCUT2D eigenvalue weighted by molar-refractivity contribution is -0.384. The Morgan fingerprint density at radius 2 is 1.65 bits per heavy atom. The summed E-state index contributed by atoms with van der Waals surface area (Å²) in [6, 6.07) is 8.35. The average molecular weight is 312 g/mol. The van der Waals surface area contributed by atoms with Gasteiger partial charge >= 0.3 is 0 Å². The highest BCUT2D eigenvalue weighted by atomic mass is 35.5. The van der Waals surface area contributed by atoms with Gasteiger partial charge in [0, 0.05) is 12.1 Å². The van der Waals surface area contributed by atoms with Crippen LogP contribution in [0.15, 0.2) is 46.6 Å². The molecule has 2 aromatic rings. The summed E-state index contributed by atoms with van der Waals surface area (Å²) in [4.78, 5) is 10.00. The van der Waals surface area contributed by atoms with Crippen molar-refractivity contribution < 1.29 is 10.0 Å². The van der Waals surface area contributed by atoms with Crippen LogP contribution in [0.5, 0.6) is 5.75 Å². The van der Waals surface area contributed by atoms with Gasteiger partial charge in [-0.3, -0.25) is 10.1 Å². The van der Waals surface area contributed by atoms with E-state index in [9.17, 15) is 15.2 Å². The summed E-state index contributed by atoms with van der Waals surface area (Å²) in [6.45, 7) is 0. The highest BCUT2D eigenvalue weighted by molar-refractivity contribution is 6.44. The van der Waals surface area contributed by atoms with E-state index in [1.165, 1.54) is 36.4 Å². The van der Waals surface area contributed by atoms with Crippen molar-refractivity contribution in [3.8, 4) is 5.75 Å². The third kappa shape index (κ3) is 3.04. The normalized spacial score (nSPS) is 10.9. The van der Waals surface area contributed by atoms with Crippen LogP contribution in [0.1, 0.15) is 0 Å². The van der Waals surface area contributed by atoms with Crippen LogP contribution in [0, 0.1) is 10.1 Å². The first kappa shape index (κ1) is 14.2. The van der Waals surface area contributed by atoms with Gasteiger partial charge < -0.3 is 5.11 Å². The number of benzene rings is 2. The van der Waals surface area contributed by atoms with Gasteiger partial charge in [0.1, 0.15) is 16.5 Å². The molecule has 0 saturated carbocycles. The molecule has 2 aromatic carbocycles. The molecule has 1 N–H and O–H groups in total. The molecule has 2 rings (SSSR count). The number of phenolic OH excluding ortho intramolecular Hbond substituents is 1. The molecule has 0 atom stereocenters. The maximum atomic E-state index is 10.5. The Morgan fingerprint density at radius 3 is 2.25 bits per heavy atom. The molecule has 0 unspecified atom stereocenters. The van der Waals surface area contributed by atoms with Crippen molar-refractivity contribution in [2.24, 2.45) is 10.2 Å². The van der Waals surface area contributed by atoms with Crippen molar-refractivity contribution >= 4 is 40.3 Å². The molecule has 0 saturated heterocycles. The summed E-state index contributed by atoms with van der Waals surface area (Å²) in [7, 11) is 0. The SMILES string of the molecule is O=[N+]([O-])c1ccc(N=Nc2ccc(O)c(Cl)c2Cl)cc1. The molecule has 20 heavy (non-hydrogen) atoms. The van der Waals surface area contributed by atoms with Gasteiger partial charge in [-0.1, -0.05) is 23.2 Å². The average Bonchev–Trinajstić information content (AvgIpc) is 2.44. The van der Waals surface area contributed by atoms with Crippen molar-refractivity contribution in [1.82, 2.24) is 0 Å². The summed E-state index contributed by atoms with van der Waals surface area (Å²) in [6.07, 6.45) is 0. The minimum absolute atomic E-state index is 0.00758. The second kappa shape index (κ2) is 5.85. The van der Waals surface area contributed by atoms with E-state index in [-0.39, 0.29) is 27.2 Å². The van der Waals surface area contributed by atoms with E-state index in [4.69, 9.17) is 23.2 Å². The number of hydrogen-bond acceptors (Lipinski definition) is 5. The van der Waals surface area contributed by atoms with E-state index in [1.807, 2.05) is 0 Å². The molecule has 8 heteroatoms. The largest absolute Gasteiger partial charge is 0.506 e. The Morgan fingerprint density at radius 1 is 1.00 bits per heavy atom. The zero-order chi connectivity index (χ0) is 14.7. The van der Waals surface area contributed by atoms with Gasteiger partial charge in [0.2, 0.25) is 0 Å². The number of rotatable bonds is 3. The van der Waals surface area contributed by atoms with Gasteiger partial charge in [0.05, 0.1) is 15.6 Å². The van der Waals surface area contributed by atoms with Gasteiger partial charge in [-0.2, -0.15) is 5.11 Å². The molecule has 6 nitrogen and oxygen atoms in total. The molecule has 0 heterocycles. The minimum atomic E-state index is -0.502. The Kier molecular flexibility index (Phi) is 4.16. The van der Waals surface area contributed by atoms with E-state index in [2.05, 4.69) is 10.2 Å². The van der Waals surface area contributed by atoms with Gasteiger partial charge in [-0.05, 0) is 24.3 Å². The standard InChI is InChI=1S/C12H7Cl2N3O3/c13-11-9(5-6-10(18)12(11)14)16-15-7-1-3-8(4-2-7)17(19)20/h1-6,18H. The molecule has 0 spiro atoms. The number of aromatic hydroxyl groups is 1. The lowest BCUT2D eigenvalue weighted by Crippen LogP contribution is -1.85. The lowest BCUT2D eigenvalue weighted by atomic mass is 10.3. The van der Waals surface area contributed by atoms with Crippen LogP contribution >= 0.6 is 23.2 Å². The first-order valence-corrected chi connectivity index (χ1v) is 6.08. The number of hydrogen-bond donors (Lipinski definition) is 1. The van der Waals surface area contributed by atoms with Crippen molar-refractivity contribution in [2.45, 2.75) is 0 Å². The maximum Gasteiger partial charge on any atom is 0.269 e. The number of non-ortho nitro benzene ring substituents is 1. The van der Waals surface area contributed by atoms with Crippen LogP contribution in [0.4, 0.5) is 17.1 Å². The van der Waals surface area contributed by atoms with Gasteiger partial charge in [-0.15, -0.1) is 5.11 Å². The maximum absolute atomic E-state index is 10.5. The molecular weight excluding hydrogens is 305 g/mol. The van der Waals surface area contributed by atoms with Gasteiger partial charge in [0.15, 0.2) is 0 Å². The van der Waals surface area contributed by atoms with Crippen molar-refractivity contribution in [3.63, 3.8) is 0 Å². The number of phenols is 1. The van der Waals surface area contributed by atoms with E-state index < -0.39 is 4.92 Å². The predicted octanol–water partition coefficient (Wildman–Crippen LogP) is 5.02. The minimum Gasteiger partial charge on any atom is -0.506 e. The summed E-state index contributed by atoms with van der Waals surface area (Å²) < 4.78 is 0. The molecule has 0 bridgehead atoms. The predicted molar refractivity (Wildman–Crippen MR) is 75.4 cm³/mol. The Balaban J connectivity index is 2.25. The molecule has 0 radical (unpaired) electrons. The van der Waals surface area contributed by atoms with Crippen LogP contribution in [0.3, 0.4) is 0 Å². The first-order chi connectivity index (χ1) is 9.49. The molecule has 0 aliphatic rings. The van der Waals surface area contributed by atoms with Gasteiger partial charge in [-0.25, -0.2) is 0 Å². The van der Waals surface area contributed by atoms with Crippen molar-refractivity contribution in [1.29, 1.82) is 0 Å². The van der Waals surface area contributed by atoms with Crippen molar-refractivity contribution in [3.05, 3.63) is 56.6 Å². The molecular formula is C12H7Cl2N3O3. The van der Waals surface area contributed by atoms with E-state index in [0.29, 0.717) is 5.69 Å². The molecule has 0 aromatic heterocycles. The van der Waals surface area contributed by atoms with Crippen molar-refractivity contribution in [2.75, 3.05) is 0 Å². The molecule has 0 amide bonds. The number of nitro benzene ring substituents is 1. The van der Waals surface area contributed by atoms with Crippen LogP contribution in [-0.4, -0.2) is 10.0 Å². The van der Waals surface area contributed by atoms with Crippen LogP contribution in [-0.2, 0) is 0 Å². The number of nitrogens with zero attached hydrogens (tertiary/aromatic N) is 3. The molecule has 102 valence electrons. The highest BCUT2D eigenvalue weighted by Gasteiger charge is 2.09. The number of azo groups is 1. The third-order valence-corrected chi connectivity index (χ3v) is 3.24. The third-order valence-electron chi connectivity index (χ3n) is 2.38. The summed E-state index contributed by atoms with van der Waals surface area (Å²) in [5, 5.41) is 27.7. The fourth-order valence-corrected chi connectivity index (χ4v) is 1.72. The van der Waals surface area contributed by atoms with E-state index in [1.54, 1.807) is 0 Å². The zero-order valence-corrected chi connectivity index (χ0v) is 11.3. The zero-order valence-electron chi connectivity index (χ0n) is 9.83. The molecule has 0 aliphatic heterocycles. The van der Waals surface area contributed by atoms with Crippen LogP contribution in [0.2, 0.25) is 10.0 Å². The Labute approximate surface area is 123 Å². The Hall–Kier alpha value is -2.18. The lowest BCUT2D eigenvalue weighted by Gasteiger charge is -2.01. The molecule has 0 fully saturated rings. The van der Waals surface area contributed by atoms with Crippen LogP contribution in [0.25, 0.3) is 0 Å². The fourth-order valence-electron chi connectivity index (χ4n) is 1.36. The Bertz CT molecular complexity index is 687. The summed E-state index contributed by atoms with van der Waals surface area (Å²) >= 11 is 11.7. The van der Waals surface area contributed by atoms with E-state index in [0.717, 1.165) is 0 Å². The number of halogens is 2. The summed E-state index contributed by atoms with van der Waals surface area (Å²) in [5.74, 6) is -0.147. The second-order valence-corrected chi connectivity index (χ2v) is 4.46. The first-order valence-electron chi connectivity index (χ1n) is 5.32. The topological polar surface area (TPSA) is 88.1 Å². The highest BCUT2D eigenvalue weighted by Crippen LogP contribution is 2.38. The second-order valence-electron chi connectivity index (χ2n) is 3.71. The molecule has 0 aliphatic carbocycles. The summed E-state index contributed by atoms with van der Waals surface area (Å²) in [5.41, 5.74) is 0.679. The smallest absolute Gasteiger partial charge is 0.269 e. The van der Waals surface area contributed by atoms with E-state index >= 15 is 0 Å². The fraction of sp³-hybridized carbons (Fsp3) is 0. The van der Waals surface area contributed by atoms with Gasteiger partial charge in [0.25, 0.3) is 5.69 Å². The number of nitro groups is 1. The quantitative estimate of drug-likeness (QED) is 0.490. The monoisotopic (exact) mass is 311 g/mol. The van der Waals surface area contributed by atoms with Crippen LogP contribution < -0.4 is 0 Å².